The van der Waals surface area contributed by atoms with Crippen LogP contribution < -0.4 is 15.4 Å². The topological polar surface area (TPSA) is 72.0 Å². The number of hydrogen-bond acceptors (Lipinski definition) is 8. The average Bonchev–Trinajstić information content (AvgIpc) is 3.46. The fourth-order valence-corrected chi connectivity index (χ4v) is 5.96. The minimum atomic E-state index is 0.573. The summed E-state index contributed by atoms with van der Waals surface area (Å²) in [6.45, 7) is 4.93. The van der Waals surface area contributed by atoms with Crippen molar-refractivity contribution in [3.05, 3.63) is 65.4 Å². The third-order valence-electron chi connectivity index (χ3n) is 5.38. The molecule has 0 spiro atoms. The van der Waals surface area contributed by atoms with Gasteiger partial charge in [-0.3, -0.25) is 0 Å². The number of aryl methyl sites for hydroxylation is 1. The van der Waals surface area contributed by atoms with Gasteiger partial charge in [-0.05, 0) is 66.9 Å². The van der Waals surface area contributed by atoms with Crippen molar-refractivity contribution in [1.29, 1.82) is 0 Å². The van der Waals surface area contributed by atoms with Gasteiger partial charge in [0, 0.05) is 35.5 Å². The summed E-state index contributed by atoms with van der Waals surface area (Å²) >= 11 is 3.55. The number of rotatable bonds is 7. The maximum absolute atomic E-state index is 5.50. The Morgan fingerprint density at radius 1 is 1.03 bits per heavy atom. The molecule has 33 heavy (non-hydrogen) atoms. The van der Waals surface area contributed by atoms with Crippen LogP contribution in [0.5, 0.6) is 5.75 Å². The van der Waals surface area contributed by atoms with E-state index in [4.69, 9.17) is 14.7 Å². The first-order chi connectivity index (χ1) is 16.1. The number of benzene rings is 2. The lowest BCUT2D eigenvalue weighted by molar-refractivity contribution is 0.414. The molecule has 2 N–H and O–H groups in total. The fourth-order valence-electron chi connectivity index (χ4n) is 3.84. The van der Waals surface area contributed by atoms with Gasteiger partial charge >= 0.3 is 0 Å². The van der Waals surface area contributed by atoms with Crippen molar-refractivity contribution in [3.8, 4) is 27.6 Å². The molecule has 0 fully saturated rings. The molecule has 8 heteroatoms. The Morgan fingerprint density at radius 2 is 1.91 bits per heavy atom. The van der Waals surface area contributed by atoms with Crippen molar-refractivity contribution in [3.63, 3.8) is 0 Å². The number of fused-ring (bicyclic) bond motifs is 1. The normalized spacial score (nSPS) is 12.5. The molecule has 0 aliphatic carbocycles. The standard InChI is InChI=1S/C25H25N5OS2/c1-4-26-25-30-22(17-9-15(2)10-20(12-17)31-3)23(33-25)21-7-8-27-24(29-21)28-19-6-5-16-13-32-14-18(16)11-19/h5-12H,4,13-14H2,1-3H3,(H,26,30)(H,27,28,29). The van der Waals surface area contributed by atoms with E-state index in [-0.39, 0.29) is 0 Å². The van der Waals surface area contributed by atoms with E-state index in [9.17, 15) is 0 Å². The Bertz CT molecular complexity index is 1300. The summed E-state index contributed by atoms with van der Waals surface area (Å²) < 4.78 is 5.50. The molecular weight excluding hydrogens is 450 g/mol. The SMILES string of the molecule is CCNc1nc(-c2cc(C)cc(OC)c2)c(-c2ccnc(Nc3ccc4c(c3)CSC4)n2)s1. The second-order valence-corrected chi connectivity index (χ2v) is 9.82. The van der Waals surface area contributed by atoms with Crippen LogP contribution in [0.4, 0.5) is 16.8 Å². The predicted molar refractivity (Wildman–Crippen MR) is 139 cm³/mol. The number of methoxy groups -OCH3 is 1. The number of thiazole rings is 1. The Labute approximate surface area is 201 Å². The molecule has 5 rings (SSSR count). The summed E-state index contributed by atoms with van der Waals surface area (Å²) in [4.78, 5) is 15.2. The van der Waals surface area contributed by atoms with Crippen molar-refractivity contribution in [2.75, 3.05) is 24.3 Å². The number of nitrogens with zero attached hydrogens (tertiary/aromatic N) is 3. The molecule has 2 aromatic heterocycles. The number of ether oxygens (including phenoxy) is 1. The van der Waals surface area contributed by atoms with Gasteiger partial charge < -0.3 is 15.4 Å². The lowest BCUT2D eigenvalue weighted by Gasteiger charge is -2.09. The molecule has 168 valence electrons. The van der Waals surface area contributed by atoms with Crippen molar-refractivity contribution in [2.24, 2.45) is 0 Å². The minimum Gasteiger partial charge on any atom is -0.497 e. The summed E-state index contributed by atoms with van der Waals surface area (Å²) in [5.74, 6) is 3.54. The molecule has 2 aromatic carbocycles. The van der Waals surface area contributed by atoms with Crippen LogP contribution in [0.2, 0.25) is 0 Å². The maximum Gasteiger partial charge on any atom is 0.227 e. The molecule has 6 nitrogen and oxygen atoms in total. The zero-order valence-corrected chi connectivity index (χ0v) is 20.4. The number of anilines is 3. The van der Waals surface area contributed by atoms with Crippen LogP contribution in [0.3, 0.4) is 0 Å². The van der Waals surface area contributed by atoms with E-state index in [1.54, 1.807) is 24.6 Å². The van der Waals surface area contributed by atoms with E-state index in [0.717, 1.165) is 62.0 Å². The van der Waals surface area contributed by atoms with Gasteiger partial charge in [-0.25, -0.2) is 15.0 Å². The van der Waals surface area contributed by atoms with Crippen LogP contribution in [0.1, 0.15) is 23.6 Å². The maximum atomic E-state index is 5.50. The summed E-state index contributed by atoms with van der Waals surface area (Å²) in [5.41, 5.74) is 7.65. The molecule has 0 saturated heterocycles. The molecule has 0 bridgehead atoms. The number of thioether (sulfide) groups is 1. The van der Waals surface area contributed by atoms with Gasteiger partial charge in [-0.2, -0.15) is 11.8 Å². The molecule has 0 unspecified atom stereocenters. The molecule has 0 saturated carbocycles. The molecule has 4 aromatic rings. The first-order valence-corrected chi connectivity index (χ1v) is 12.8. The summed E-state index contributed by atoms with van der Waals surface area (Å²) in [6, 6.07) is 14.6. The number of aromatic nitrogens is 3. The van der Waals surface area contributed by atoms with Gasteiger partial charge in [0.25, 0.3) is 0 Å². The first-order valence-electron chi connectivity index (χ1n) is 10.8. The third-order valence-corrected chi connectivity index (χ3v) is 7.45. The second kappa shape index (κ2) is 9.41. The zero-order valence-electron chi connectivity index (χ0n) is 18.8. The lowest BCUT2D eigenvalue weighted by atomic mass is 10.1. The van der Waals surface area contributed by atoms with Crippen LogP contribution in [0.25, 0.3) is 21.8 Å². The van der Waals surface area contributed by atoms with E-state index in [1.807, 2.05) is 30.0 Å². The number of hydrogen-bond donors (Lipinski definition) is 2. The molecule has 0 atom stereocenters. The minimum absolute atomic E-state index is 0.573. The largest absolute Gasteiger partial charge is 0.497 e. The highest BCUT2D eigenvalue weighted by Gasteiger charge is 2.18. The second-order valence-electron chi connectivity index (χ2n) is 7.83. The highest BCUT2D eigenvalue weighted by Crippen LogP contribution is 2.40. The van der Waals surface area contributed by atoms with Crippen LogP contribution in [-0.4, -0.2) is 28.6 Å². The van der Waals surface area contributed by atoms with E-state index in [2.05, 4.69) is 53.7 Å². The highest BCUT2D eigenvalue weighted by molar-refractivity contribution is 7.98. The summed E-state index contributed by atoms with van der Waals surface area (Å²) in [6.07, 6.45) is 1.79. The quantitative estimate of drug-likeness (QED) is 0.316. The van der Waals surface area contributed by atoms with Crippen molar-refractivity contribution >= 4 is 39.9 Å². The summed E-state index contributed by atoms with van der Waals surface area (Å²) in [5, 5.41) is 7.59. The van der Waals surface area contributed by atoms with Gasteiger partial charge in [-0.15, -0.1) is 0 Å². The van der Waals surface area contributed by atoms with Crippen LogP contribution in [0.15, 0.2) is 48.7 Å². The highest BCUT2D eigenvalue weighted by atomic mass is 32.2. The third kappa shape index (κ3) is 4.67. The Morgan fingerprint density at radius 3 is 2.76 bits per heavy atom. The first kappa shape index (κ1) is 21.7. The Kier molecular flexibility index (Phi) is 6.20. The lowest BCUT2D eigenvalue weighted by Crippen LogP contribution is -1.98. The molecule has 1 aliphatic rings. The molecule has 1 aliphatic heterocycles. The molecule has 0 radical (unpaired) electrons. The van der Waals surface area contributed by atoms with E-state index < -0.39 is 0 Å². The van der Waals surface area contributed by atoms with Crippen molar-refractivity contribution < 1.29 is 4.74 Å². The monoisotopic (exact) mass is 475 g/mol. The summed E-state index contributed by atoms with van der Waals surface area (Å²) in [7, 11) is 1.69. The van der Waals surface area contributed by atoms with Crippen LogP contribution in [0, 0.1) is 6.92 Å². The Hall–Kier alpha value is -3.10. The predicted octanol–water partition coefficient (Wildman–Crippen LogP) is 6.51. The van der Waals surface area contributed by atoms with Gasteiger partial charge in [0.15, 0.2) is 5.13 Å². The van der Waals surface area contributed by atoms with Crippen molar-refractivity contribution in [2.45, 2.75) is 25.4 Å². The smallest absolute Gasteiger partial charge is 0.227 e. The van der Waals surface area contributed by atoms with Gasteiger partial charge in [0.1, 0.15) is 5.75 Å². The van der Waals surface area contributed by atoms with E-state index in [1.165, 1.54) is 11.1 Å². The van der Waals surface area contributed by atoms with E-state index >= 15 is 0 Å². The molecule has 0 amide bonds. The molecule has 3 heterocycles. The van der Waals surface area contributed by atoms with Crippen molar-refractivity contribution in [1.82, 2.24) is 15.0 Å². The Balaban J connectivity index is 1.52. The van der Waals surface area contributed by atoms with Crippen LogP contribution >= 0.6 is 23.1 Å². The number of nitrogens with one attached hydrogen (secondary N) is 2. The van der Waals surface area contributed by atoms with Gasteiger partial charge in [0.2, 0.25) is 5.95 Å². The van der Waals surface area contributed by atoms with E-state index in [0.29, 0.717) is 5.95 Å². The zero-order chi connectivity index (χ0) is 22.8. The van der Waals surface area contributed by atoms with Crippen LogP contribution in [-0.2, 0) is 11.5 Å². The fraction of sp³-hybridized carbons (Fsp3) is 0.240. The average molecular weight is 476 g/mol. The van der Waals surface area contributed by atoms with Gasteiger partial charge in [0.05, 0.1) is 23.4 Å². The van der Waals surface area contributed by atoms with Gasteiger partial charge in [-0.1, -0.05) is 17.4 Å². The molecular formula is C25H25N5OS2.